The molecule has 2 N–H and O–H groups in total. The van der Waals surface area contributed by atoms with Crippen LogP contribution in [0.4, 0.5) is 11.4 Å². The zero-order chi connectivity index (χ0) is 23.9. The third-order valence-electron chi connectivity index (χ3n) is 5.31. The van der Waals surface area contributed by atoms with Gasteiger partial charge in [-0.15, -0.1) is 0 Å². The molecule has 33 heavy (non-hydrogen) atoms. The van der Waals surface area contributed by atoms with Gasteiger partial charge >= 0.3 is 0 Å². The molecule has 0 radical (unpaired) electrons. The standard InChI is InChI=1S/C22H20Cl2N4O4S/c1-4-33(30,31)27-12-5-7-17-14(9-12)19-13(6-8-18(32-3)21(19)28(17)2)22(29)26-20-15(23)10-25-11-16(20)24/h5-11,27H,4H2,1-3H3,(H,25,26,29). The normalized spacial score (nSPS) is 11.7. The molecule has 172 valence electrons. The van der Waals surface area contributed by atoms with Crippen molar-refractivity contribution in [3.63, 3.8) is 0 Å². The Labute approximate surface area is 200 Å². The molecule has 4 aromatic rings. The lowest BCUT2D eigenvalue weighted by molar-refractivity contribution is 0.102. The quantitative estimate of drug-likeness (QED) is 0.380. The van der Waals surface area contributed by atoms with Crippen molar-refractivity contribution >= 4 is 72.3 Å². The number of aryl methyl sites for hydroxylation is 1. The number of methoxy groups -OCH3 is 1. The number of aromatic nitrogens is 2. The van der Waals surface area contributed by atoms with E-state index in [0.717, 1.165) is 5.52 Å². The summed E-state index contributed by atoms with van der Waals surface area (Å²) in [5.74, 6) is 0.0655. The lowest BCUT2D eigenvalue weighted by Gasteiger charge is -2.12. The van der Waals surface area contributed by atoms with Crippen molar-refractivity contribution in [3.05, 3.63) is 58.3 Å². The number of ether oxygens (including phenoxy) is 1. The highest BCUT2D eigenvalue weighted by Gasteiger charge is 2.22. The van der Waals surface area contributed by atoms with Crippen LogP contribution in [0, 0.1) is 0 Å². The van der Waals surface area contributed by atoms with E-state index >= 15 is 0 Å². The predicted octanol–water partition coefficient (Wildman–Crippen LogP) is 5.06. The van der Waals surface area contributed by atoms with Gasteiger partial charge in [0.1, 0.15) is 5.75 Å². The van der Waals surface area contributed by atoms with Gasteiger partial charge in [-0.05, 0) is 37.3 Å². The molecule has 8 nitrogen and oxygen atoms in total. The fourth-order valence-corrected chi connectivity index (χ4v) is 4.80. The van der Waals surface area contributed by atoms with Crippen molar-refractivity contribution in [2.45, 2.75) is 6.92 Å². The number of fused-ring (bicyclic) bond motifs is 3. The maximum Gasteiger partial charge on any atom is 0.256 e. The number of sulfonamides is 1. The van der Waals surface area contributed by atoms with Gasteiger partial charge < -0.3 is 14.6 Å². The van der Waals surface area contributed by atoms with Crippen LogP contribution in [0.5, 0.6) is 5.75 Å². The third-order valence-corrected chi connectivity index (χ3v) is 7.19. The van der Waals surface area contributed by atoms with E-state index in [0.29, 0.717) is 33.3 Å². The minimum Gasteiger partial charge on any atom is -0.495 e. The average Bonchev–Trinajstić information content (AvgIpc) is 3.08. The highest BCUT2D eigenvalue weighted by atomic mass is 35.5. The van der Waals surface area contributed by atoms with Crippen LogP contribution in [0.25, 0.3) is 21.8 Å². The second-order valence-electron chi connectivity index (χ2n) is 7.27. The average molecular weight is 507 g/mol. The summed E-state index contributed by atoms with van der Waals surface area (Å²) in [5.41, 5.74) is 2.46. The third kappa shape index (κ3) is 4.19. The van der Waals surface area contributed by atoms with Crippen LogP contribution in [-0.2, 0) is 17.1 Å². The molecule has 0 fully saturated rings. The number of carbonyl (C=O) groups excluding carboxylic acids is 1. The Balaban J connectivity index is 1.94. The Bertz CT molecular complexity index is 1500. The lowest BCUT2D eigenvalue weighted by Crippen LogP contribution is -2.14. The minimum atomic E-state index is -3.47. The van der Waals surface area contributed by atoms with Gasteiger partial charge in [0.25, 0.3) is 5.91 Å². The molecule has 0 saturated carbocycles. The number of rotatable bonds is 6. The molecule has 2 aromatic heterocycles. The van der Waals surface area contributed by atoms with E-state index in [1.807, 2.05) is 11.6 Å². The zero-order valence-corrected chi connectivity index (χ0v) is 20.3. The van der Waals surface area contributed by atoms with E-state index < -0.39 is 15.9 Å². The summed E-state index contributed by atoms with van der Waals surface area (Å²) in [4.78, 5) is 17.2. The van der Waals surface area contributed by atoms with E-state index in [1.165, 1.54) is 12.4 Å². The maximum atomic E-state index is 13.3. The number of hydrogen-bond acceptors (Lipinski definition) is 5. The Kier molecular flexibility index (Phi) is 6.13. The molecule has 0 saturated heterocycles. The number of pyridine rings is 1. The second kappa shape index (κ2) is 8.74. The first-order valence-electron chi connectivity index (χ1n) is 9.86. The first-order chi connectivity index (χ1) is 15.7. The molecule has 2 heterocycles. The molecule has 0 aliphatic heterocycles. The van der Waals surface area contributed by atoms with Gasteiger partial charge in [-0.3, -0.25) is 14.5 Å². The van der Waals surface area contributed by atoms with E-state index in [-0.39, 0.29) is 21.5 Å². The Morgan fingerprint density at radius 1 is 1.15 bits per heavy atom. The molecule has 0 bridgehead atoms. The maximum absolute atomic E-state index is 13.3. The molecule has 4 rings (SSSR count). The van der Waals surface area contributed by atoms with Crippen molar-refractivity contribution in [2.75, 3.05) is 22.9 Å². The number of hydrogen-bond donors (Lipinski definition) is 2. The van der Waals surface area contributed by atoms with Gasteiger partial charge in [0.05, 0.1) is 34.1 Å². The summed E-state index contributed by atoms with van der Waals surface area (Å²) in [6, 6.07) is 8.51. The smallest absolute Gasteiger partial charge is 0.256 e. The van der Waals surface area contributed by atoms with Crippen molar-refractivity contribution in [2.24, 2.45) is 7.05 Å². The number of carbonyl (C=O) groups is 1. The van der Waals surface area contributed by atoms with Crippen LogP contribution in [0.2, 0.25) is 10.0 Å². The summed E-state index contributed by atoms with van der Waals surface area (Å²) < 4.78 is 34.2. The SMILES string of the molecule is CCS(=O)(=O)Nc1ccc2c(c1)c1c(C(=O)Nc3c(Cl)cncc3Cl)ccc(OC)c1n2C. The van der Waals surface area contributed by atoms with Crippen LogP contribution < -0.4 is 14.8 Å². The van der Waals surface area contributed by atoms with Gasteiger partial charge in [0.15, 0.2) is 0 Å². The Morgan fingerprint density at radius 2 is 1.85 bits per heavy atom. The highest BCUT2D eigenvalue weighted by molar-refractivity contribution is 7.92. The van der Waals surface area contributed by atoms with Crippen LogP contribution in [0.15, 0.2) is 42.7 Å². The molecule has 2 aromatic carbocycles. The number of anilines is 2. The fraction of sp³-hybridized carbons (Fsp3) is 0.182. The molecule has 0 aliphatic carbocycles. The Morgan fingerprint density at radius 3 is 2.48 bits per heavy atom. The van der Waals surface area contributed by atoms with Crippen LogP contribution in [-0.4, -0.2) is 36.7 Å². The fourth-order valence-electron chi connectivity index (χ4n) is 3.71. The summed E-state index contributed by atoms with van der Waals surface area (Å²) in [5, 5.41) is 4.44. The number of amides is 1. The number of halogens is 2. The molecule has 0 spiro atoms. The van der Waals surface area contributed by atoms with E-state index in [9.17, 15) is 13.2 Å². The van der Waals surface area contributed by atoms with Crippen molar-refractivity contribution in [1.82, 2.24) is 9.55 Å². The van der Waals surface area contributed by atoms with Gasteiger partial charge in [0.2, 0.25) is 10.0 Å². The Hall–Kier alpha value is -3.01. The topological polar surface area (TPSA) is 102 Å². The van der Waals surface area contributed by atoms with Gasteiger partial charge in [-0.2, -0.15) is 0 Å². The summed E-state index contributed by atoms with van der Waals surface area (Å²) in [6.07, 6.45) is 2.77. The highest BCUT2D eigenvalue weighted by Crippen LogP contribution is 2.38. The summed E-state index contributed by atoms with van der Waals surface area (Å²) in [6.45, 7) is 1.56. The van der Waals surface area contributed by atoms with Crippen LogP contribution in [0.1, 0.15) is 17.3 Å². The van der Waals surface area contributed by atoms with Gasteiger partial charge in [0, 0.05) is 47.0 Å². The molecule has 0 unspecified atom stereocenters. The summed E-state index contributed by atoms with van der Waals surface area (Å²) >= 11 is 12.3. The molecule has 1 amide bonds. The van der Waals surface area contributed by atoms with Crippen molar-refractivity contribution < 1.29 is 17.9 Å². The molecule has 0 atom stereocenters. The molecule has 0 aliphatic rings. The first kappa shape index (κ1) is 23.2. The van der Waals surface area contributed by atoms with Crippen LogP contribution in [0.3, 0.4) is 0 Å². The number of nitrogens with one attached hydrogen (secondary N) is 2. The summed E-state index contributed by atoms with van der Waals surface area (Å²) in [7, 11) is -0.0795. The molecule has 11 heteroatoms. The predicted molar refractivity (Wildman–Crippen MR) is 132 cm³/mol. The largest absolute Gasteiger partial charge is 0.495 e. The second-order valence-corrected chi connectivity index (χ2v) is 10.1. The van der Waals surface area contributed by atoms with E-state index in [2.05, 4.69) is 15.0 Å². The van der Waals surface area contributed by atoms with Crippen molar-refractivity contribution in [3.8, 4) is 5.75 Å². The first-order valence-corrected chi connectivity index (χ1v) is 12.3. The molecular weight excluding hydrogens is 487 g/mol. The van der Waals surface area contributed by atoms with Crippen LogP contribution >= 0.6 is 23.2 Å². The lowest BCUT2D eigenvalue weighted by atomic mass is 10.0. The van der Waals surface area contributed by atoms with E-state index in [4.69, 9.17) is 27.9 Å². The monoisotopic (exact) mass is 506 g/mol. The van der Waals surface area contributed by atoms with Gasteiger partial charge in [-0.1, -0.05) is 23.2 Å². The zero-order valence-electron chi connectivity index (χ0n) is 17.9. The number of benzene rings is 2. The molecular formula is C22H20Cl2N4O4S. The number of nitrogens with zero attached hydrogens (tertiary/aromatic N) is 2. The van der Waals surface area contributed by atoms with Crippen molar-refractivity contribution in [1.29, 1.82) is 0 Å². The minimum absolute atomic E-state index is 0.0600. The van der Waals surface area contributed by atoms with E-state index in [1.54, 1.807) is 44.4 Å². The van der Waals surface area contributed by atoms with Gasteiger partial charge in [-0.25, -0.2) is 8.42 Å².